The molecule has 2 fully saturated rings. The average Bonchev–Trinajstić information content (AvgIpc) is 3.30. The van der Waals surface area contributed by atoms with Gasteiger partial charge in [0, 0.05) is 37.0 Å². The summed E-state index contributed by atoms with van der Waals surface area (Å²) in [7, 11) is 3.11. The largest absolute Gasteiger partial charge is 0.493 e. The third-order valence-corrected chi connectivity index (χ3v) is 5.83. The number of benzene rings is 1. The van der Waals surface area contributed by atoms with Crippen molar-refractivity contribution in [1.82, 2.24) is 10.6 Å². The van der Waals surface area contributed by atoms with Crippen LogP contribution in [0.5, 0.6) is 11.5 Å². The van der Waals surface area contributed by atoms with Gasteiger partial charge in [-0.2, -0.15) is 0 Å². The zero-order chi connectivity index (χ0) is 23.5. The first-order valence-corrected chi connectivity index (χ1v) is 11.1. The second-order valence-electron chi connectivity index (χ2n) is 8.60. The third kappa shape index (κ3) is 5.87. The molecule has 0 radical (unpaired) electrons. The van der Waals surface area contributed by atoms with Crippen molar-refractivity contribution >= 4 is 40.8 Å². The molecule has 2 aliphatic heterocycles. The molecule has 0 saturated carbocycles. The van der Waals surface area contributed by atoms with Gasteiger partial charge in [-0.05, 0) is 57.0 Å². The molecule has 0 spiro atoms. The molecule has 1 aromatic carbocycles. The highest BCUT2D eigenvalue weighted by Crippen LogP contribution is 2.39. The van der Waals surface area contributed by atoms with Crippen molar-refractivity contribution in [3.8, 4) is 11.5 Å². The maximum Gasteiger partial charge on any atom is 0.407 e. The Morgan fingerprint density at radius 3 is 2.53 bits per heavy atom. The van der Waals surface area contributed by atoms with E-state index in [0.717, 1.165) is 36.0 Å². The molecule has 10 heteroatoms. The van der Waals surface area contributed by atoms with E-state index in [9.17, 15) is 14.4 Å². The average molecular weight is 464 g/mol. The summed E-state index contributed by atoms with van der Waals surface area (Å²) in [4.78, 5) is 38.1. The summed E-state index contributed by atoms with van der Waals surface area (Å²) in [6, 6.07) is 3.67. The van der Waals surface area contributed by atoms with Crippen molar-refractivity contribution < 1.29 is 28.6 Å². The predicted octanol–water partition coefficient (Wildman–Crippen LogP) is 3.38. The number of carbonyl (C=O) groups is 3. The molecule has 3 rings (SSSR count). The monoisotopic (exact) mass is 463 g/mol. The van der Waals surface area contributed by atoms with E-state index in [4.69, 9.17) is 14.2 Å². The minimum atomic E-state index is -0.542. The summed E-state index contributed by atoms with van der Waals surface area (Å²) in [5, 5.41) is 4.72. The maximum atomic E-state index is 12.1. The number of carbonyl (C=O) groups excluding carboxylic acids is 3. The lowest BCUT2D eigenvalue weighted by Gasteiger charge is -2.23. The Labute approximate surface area is 191 Å². The highest BCUT2D eigenvalue weighted by molar-refractivity contribution is 8.18. The van der Waals surface area contributed by atoms with Crippen LogP contribution >= 0.6 is 11.8 Å². The lowest BCUT2D eigenvalue weighted by molar-refractivity contribution is -0.115. The third-order valence-electron chi connectivity index (χ3n) is 5.02. The van der Waals surface area contributed by atoms with Gasteiger partial charge < -0.3 is 24.4 Å². The van der Waals surface area contributed by atoms with Crippen molar-refractivity contribution in [1.29, 1.82) is 0 Å². The number of alkyl carbamates (subject to hydrolysis) is 1. The number of imide groups is 1. The van der Waals surface area contributed by atoms with Crippen LogP contribution in [-0.4, -0.2) is 56.7 Å². The van der Waals surface area contributed by atoms with Gasteiger partial charge in [0.15, 0.2) is 11.5 Å². The molecule has 1 atom stereocenters. The summed E-state index contributed by atoms with van der Waals surface area (Å²) < 4.78 is 16.2. The van der Waals surface area contributed by atoms with Crippen molar-refractivity contribution in [2.45, 2.75) is 32.8 Å². The standard InChI is InChI=1S/C22H29N3O6S/c1-22(2,3)31-20(27)23-11-13-6-7-25(12-13)15-10-17(30-5)16(29-4)8-14(15)9-18-19(26)24-21(28)32-18/h8-10,13H,6-7,11-12H2,1-5H3,(H,23,27)(H,24,26,28)/b18-9-. The number of hydrogen-bond acceptors (Lipinski definition) is 8. The minimum Gasteiger partial charge on any atom is -0.493 e. The summed E-state index contributed by atoms with van der Waals surface area (Å²) >= 11 is 0.869. The van der Waals surface area contributed by atoms with E-state index in [1.165, 1.54) is 0 Å². The van der Waals surface area contributed by atoms with Gasteiger partial charge in [0.25, 0.3) is 11.1 Å². The predicted molar refractivity (Wildman–Crippen MR) is 123 cm³/mol. The SMILES string of the molecule is COc1cc(/C=C2\SC(=O)NC2=O)c(N2CCC(CNC(=O)OC(C)(C)C)C2)cc1OC. The van der Waals surface area contributed by atoms with Gasteiger partial charge in [-0.1, -0.05) is 0 Å². The first-order chi connectivity index (χ1) is 15.1. The van der Waals surface area contributed by atoms with Gasteiger partial charge in [0.1, 0.15) is 5.60 Å². The Kier molecular flexibility index (Phi) is 7.22. The van der Waals surface area contributed by atoms with E-state index in [1.54, 1.807) is 26.4 Å². The molecule has 3 amide bonds. The number of anilines is 1. The van der Waals surface area contributed by atoms with E-state index in [2.05, 4.69) is 15.5 Å². The highest BCUT2D eigenvalue weighted by atomic mass is 32.2. The quantitative estimate of drug-likeness (QED) is 0.619. The first-order valence-electron chi connectivity index (χ1n) is 10.3. The first kappa shape index (κ1) is 23.8. The van der Waals surface area contributed by atoms with E-state index < -0.39 is 22.8 Å². The van der Waals surface area contributed by atoms with Gasteiger partial charge in [-0.15, -0.1) is 0 Å². The molecule has 2 heterocycles. The number of methoxy groups -OCH3 is 2. The zero-order valence-corrected chi connectivity index (χ0v) is 19.8. The molecule has 1 aromatic rings. The molecule has 2 saturated heterocycles. The fourth-order valence-corrected chi connectivity index (χ4v) is 4.27. The van der Waals surface area contributed by atoms with Gasteiger partial charge in [-0.25, -0.2) is 4.79 Å². The molecule has 32 heavy (non-hydrogen) atoms. The Bertz CT molecular complexity index is 940. The van der Waals surface area contributed by atoms with Gasteiger partial charge in [-0.3, -0.25) is 14.9 Å². The Balaban J connectivity index is 1.79. The molecule has 2 aliphatic rings. The Morgan fingerprint density at radius 2 is 1.94 bits per heavy atom. The molecule has 9 nitrogen and oxygen atoms in total. The van der Waals surface area contributed by atoms with Crippen LogP contribution in [-0.2, 0) is 9.53 Å². The second-order valence-corrected chi connectivity index (χ2v) is 9.62. The maximum absolute atomic E-state index is 12.1. The normalized spacial score (nSPS) is 19.8. The molecular formula is C22H29N3O6S. The number of hydrogen-bond donors (Lipinski definition) is 2. The Morgan fingerprint density at radius 1 is 1.25 bits per heavy atom. The summed E-state index contributed by atoms with van der Waals surface area (Å²) in [5.41, 5.74) is 1.07. The van der Waals surface area contributed by atoms with Crippen molar-refractivity contribution in [2.24, 2.45) is 5.92 Å². The molecule has 0 aliphatic carbocycles. The van der Waals surface area contributed by atoms with Crippen molar-refractivity contribution in [2.75, 3.05) is 38.8 Å². The van der Waals surface area contributed by atoms with Gasteiger partial charge in [0.05, 0.1) is 19.1 Å². The molecule has 0 aromatic heterocycles. The fourth-order valence-electron chi connectivity index (χ4n) is 3.60. The lowest BCUT2D eigenvalue weighted by Crippen LogP contribution is -2.36. The number of thioether (sulfide) groups is 1. The van der Waals surface area contributed by atoms with Crippen LogP contribution in [0.15, 0.2) is 17.0 Å². The number of nitrogens with zero attached hydrogens (tertiary/aromatic N) is 1. The lowest BCUT2D eigenvalue weighted by atomic mass is 10.1. The smallest absolute Gasteiger partial charge is 0.407 e. The summed E-state index contributed by atoms with van der Waals surface area (Å²) in [6.45, 7) is 7.46. The zero-order valence-electron chi connectivity index (χ0n) is 18.9. The van der Waals surface area contributed by atoms with Crippen LogP contribution in [0.2, 0.25) is 0 Å². The van der Waals surface area contributed by atoms with E-state index in [1.807, 2.05) is 26.8 Å². The highest BCUT2D eigenvalue weighted by Gasteiger charge is 2.29. The minimum absolute atomic E-state index is 0.238. The number of ether oxygens (including phenoxy) is 3. The molecule has 1 unspecified atom stereocenters. The molecule has 0 bridgehead atoms. The van der Waals surface area contributed by atoms with E-state index in [-0.39, 0.29) is 5.92 Å². The van der Waals surface area contributed by atoms with Crippen molar-refractivity contribution in [3.05, 3.63) is 22.6 Å². The molecular weight excluding hydrogens is 434 g/mol. The van der Waals surface area contributed by atoms with Gasteiger partial charge >= 0.3 is 6.09 Å². The van der Waals surface area contributed by atoms with Crippen LogP contribution < -0.4 is 25.0 Å². The number of amides is 3. The topological polar surface area (TPSA) is 106 Å². The summed E-state index contributed by atoms with van der Waals surface area (Å²) in [5.74, 6) is 0.920. The summed E-state index contributed by atoms with van der Waals surface area (Å²) in [6.07, 6.45) is 2.14. The van der Waals surface area contributed by atoms with E-state index in [0.29, 0.717) is 29.5 Å². The number of nitrogens with one attached hydrogen (secondary N) is 2. The van der Waals surface area contributed by atoms with Gasteiger partial charge in [0.2, 0.25) is 0 Å². The van der Waals surface area contributed by atoms with Crippen LogP contribution in [0, 0.1) is 5.92 Å². The Hall–Kier alpha value is -2.88. The fraction of sp³-hybridized carbons (Fsp3) is 0.500. The van der Waals surface area contributed by atoms with Crippen LogP contribution in [0.1, 0.15) is 32.8 Å². The van der Waals surface area contributed by atoms with E-state index >= 15 is 0 Å². The molecule has 174 valence electrons. The van der Waals surface area contributed by atoms with Crippen LogP contribution in [0.3, 0.4) is 0 Å². The van der Waals surface area contributed by atoms with Crippen LogP contribution in [0.25, 0.3) is 6.08 Å². The number of rotatable bonds is 6. The van der Waals surface area contributed by atoms with Crippen LogP contribution in [0.4, 0.5) is 15.3 Å². The second kappa shape index (κ2) is 9.72. The molecule has 2 N–H and O–H groups in total. The van der Waals surface area contributed by atoms with Crippen molar-refractivity contribution in [3.63, 3.8) is 0 Å².